The Morgan fingerprint density at radius 3 is 2.52 bits per heavy atom. The van der Waals surface area contributed by atoms with Crippen molar-refractivity contribution in [2.75, 3.05) is 0 Å². The van der Waals surface area contributed by atoms with Crippen molar-refractivity contribution < 1.29 is 21.2 Å². The predicted octanol–water partition coefficient (Wildman–Crippen LogP) is 3.25. The molecule has 6 rings (SSSR count). The minimum absolute atomic E-state index is 0.135. The van der Waals surface area contributed by atoms with Crippen LogP contribution in [0.1, 0.15) is 42.1 Å². The smallest absolute Gasteiger partial charge is 0.269 e. The van der Waals surface area contributed by atoms with Crippen LogP contribution in [0.4, 0.5) is 4.39 Å². The molecule has 0 amide bonds. The third-order valence-corrected chi connectivity index (χ3v) is 10.3. The van der Waals surface area contributed by atoms with E-state index in [4.69, 9.17) is 5.26 Å². The molecule has 1 N–H and O–H groups in total. The highest BCUT2D eigenvalue weighted by Gasteiger charge is 2.33. The molecule has 11 nitrogen and oxygen atoms in total. The molecule has 0 spiro atoms. The molecule has 0 aliphatic heterocycles. The molecule has 40 heavy (non-hydrogen) atoms. The van der Waals surface area contributed by atoms with Crippen molar-refractivity contribution in [3.8, 4) is 6.07 Å². The number of sulfonamides is 1. The lowest BCUT2D eigenvalue weighted by Crippen LogP contribution is -2.33. The van der Waals surface area contributed by atoms with E-state index in [-0.39, 0.29) is 26.9 Å². The molecule has 2 atom stereocenters. The largest absolute Gasteiger partial charge is 0.274 e. The Morgan fingerprint density at radius 2 is 1.77 bits per heavy atom. The van der Waals surface area contributed by atoms with Crippen LogP contribution >= 0.6 is 0 Å². The minimum Gasteiger partial charge on any atom is -0.274 e. The van der Waals surface area contributed by atoms with Gasteiger partial charge in [0.05, 0.1) is 27.1 Å². The Labute approximate surface area is 229 Å². The first-order chi connectivity index (χ1) is 19.1. The summed E-state index contributed by atoms with van der Waals surface area (Å²) in [6.45, 7) is 1.87. The third-order valence-electron chi connectivity index (χ3n) is 7.13. The van der Waals surface area contributed by atoms with E-state index in [0.717, 1.165) is 27.7 Å². The van der Waals surface area contributed by atoms with Gasteiger partial charge in [0.15, 0.2) is 11.3 Å². The van der Waals surface area contributed by atoms with Gasteiger partial charge in [-0.1, -0.05) is 17.7 Å². The first kappa shape index (κ1) is 26.1. The number of nitrogens with zero attached hydrogens (tertiary/aromatic N) is 6. The average Bonchev–Trinajstić information content (AvgIpc) is 3.66. The molecular formula is C26H22FN7O4S2. The highest BCUT2D eigenvalue weighted by molar-refractivity contribution is 7.90. The van der Waals surface area contributed by atoms with Crippen LogP contribution in [-0.2, 0) is 20.0 Å². The van der Waals surface area contributed by atoms with Gasteiger partial charge < -0.3 is 0 Å². The van der Waals surface area contributed by atoms with E-state index in [2.05, 4.69) is 19.9 Å². The summed E-state index contributed by atoms with van der Waals surface area (Å²) in [5.41, 5.74) is 1.75. The van der Waals surface area contributed by atoms with Crippen molar-refractivity contribution in [2.45, 2.75) is 47.9 Å². The number of hydrogen-bond donors (Lipinski definition) is 1. The number of aryl methyl sites for hydroxylation is 1. The Hall–Kier alpha value is -4.19. The highest BCUT2D eigenvalue weighted by atomic mass is 32.2. The Balaban J connectivity index is 1.30. The molecular weight excluding hydrogens is 557 g/mol. The van der Waals surface area contributed by atoms with E-state index in [1.54, 1.807) is 40.8 Å². The number of benzene rings is 2. The minimum atomic E-state index is -4.00. The maximum absolute atomic E-state index is 13.7. The second-order valence-corrected chi connectivity index (χ2v) is 13.3. The van der Waals surface area contributed by atoms with Gasteiger partial charge >= 0.3 is 0 Å². The fourth-order valence-corrected chi connectivity index (χ4v) is 7.71. The number of nitrogens with one attached hydrogen (secondary N) is 1. The van der Waals surface area contributed by atoms with Crippen LogP contribution in [0.3, 0.4) is 0 Å². The standard InChI is InChI=1S/C26H22FN7O4S2/c1-16-2-6-20(7-3-16)40(37,38)33-11-10-23-26(33)29-15-24-30-31-25(34(23)24)17-4-5-19(12-17)32-39(35,36)21-8-9-22(27)18(13-21)14-28/h2-3,6-11,13,15,17,19,32H,4-5,12H2,1H3/t17-,19+/m1/s1. The number of aromatic nitrogens is 5. The molecule has 1 saturated carbocycles. The van der Waals surface area contributed by atoms with Crippen molar-refractivity contribution in [3.63, 3.8) is 0 Å². The third kappa shape index (κ3) is 4.32. The van der Waals surface area contributed by atoms with Gasteiger partial charge in [-0.3, -0.25) is 4.40 Å². The average molecular weight is 580 g/mol. The summed E-state index contributed by atoms with van der Waals surface area (Å²) in [4.78, 5) is 4.30. The van der Waals surface area contributed by atoms with E-state index < -0.39 is 31.9 Å². The summed E-state index contributed by atoms with van der Waals surface area (Å²) in [5.74, 6) is -0.390. The maximum Gasteiger partial charge on any atom is 0.269 e. The van der Waals surface area contributed by atoms with Crippen LogP contribution in [0.2, 0.25) is 0 Å². The molecule has 0 saturated heterocycles. The lowest BCUT2D eigenvalue weighted by atomic mass is 10.1. The number of nitriles is 1. The van der Waals surface area contributed by atoms with Crippen molar-refractivity contribution in [3.05, 3.63) is 83.7 Å². The van der Waals surface area contributed by atoms with Crippen LogP contribution in [0.25, 0.3) is 16.8 Å². The quantitative estimate of drug-likeness (QED) is 0.322. The van der Waals surface area contributed by atoms with E-state index >= 15 is 0 Å². The van der Waals surface area contributed by atoms with E-state index in [1.807, 2.05) is 6.92 Å². The summed E-state index contributed by atoms with van der Waals surface area (Å²) in [6, 6.07) is 12.5. The van der Waals surface area contributed by atoms with Crippen LogP contribution in [0, 0.1) is 24.1 Å². The topological polar surface area (TPSA) is 152 Å². The van der Waals surface area contributed by atoms with Gasteiger partial charge in [0, 0.05) is 18.2 Å². The van der Waals surface area contributed by atoms with Crippen molar-refractivity contribution in [1.29, 1.82) is 5.26 Å². The van der Waals surface area contributed by atoms with Crippen molar-refractivity contribution >= 4 is 36.9 Å². The lowest BCUT2D eigenvalue weighted by molar-refractivity contribution is 0.546. The molecule has 204 valence electrons. The molecule has 2 aromatic carbocycles. The zero-order valence-corrected chi connectivity index (χ0v) is 22.7. The van der Waals surface area contributed by atoms with E-state index in [1.165, 1.54) is 12.4 Å². The molecule has 1 aliphatic carbocycles. The fraction of sp³-hybridized carbons (Fsp3) is 0.231. The first-order valence-electron chi connectivity index (χ1n) is 12.3. The maximum atomic E-state index is 13.7. The molecule has 0 radical (unpaired) electrons. The van der Waals surface area contributed by atoms with Crippen LogP contribution in [0.5, 0.6) is 0 Å². The summed E-state index contributed by atoms with van der Waals surface area (Å²) in [6.07, 6.45) is 4.43. The molecule has 1 aliphatic rings. The van der Waals surface area contributed by atoms with Crippen LogP contribution < -0.4 is 4.72 Å². The van der Waals surface area contributed by atoms with E-state index in [9.17, 15) is 21.2 Å². The van der Waals surface area contributed by atoms with Crippen molar-refractivity contribution in [1.82, 2.24) is 28.3 Å². The summed E-state index contributed by atoms with van der Waals surface area (Å²) < 4.78 is 71.8. The second kappa shape index (κ2) is 9.47. The molecule has 5 aromatic rings. The predicted molar refractivity (Wildman–Crippen MR) is 142 cm³/mol. The second-order valence-electron chi connectivity index (χ2n) is 9.73. The Morgan fingerprint density at radius 1 is 1.02 bits per heavy atom. The molecule has 0 unspecified atom stereocenters. The zero-order valence-electron chi connectivity index (χ0n) is 21.1. The monoisotopic (exact) mass is 579 g/mol. The van der Waals surface area contributed by atoms with Gasteiger partial charge in [-0.25, -0.2) is 34.9 Å². The van der Waals surface area contributed by atoms with Gasteiger partial charge in [-0.15, -0.1) is 10.2 Å². The fourth-order valence-electron chi connectivity index (χ4n) is 5.10. The summed E-state index contributed by atoms with van der Waals surface area (Å²) in [7, 11) is -7.90. The Bertz CT molecular complexity index is 2050. The van der Waals surface area contributed by atoms with Gasteiger partial charge in [0.1, 0.15) is 17.7 Å². The van der Waals surface area contributed by atoms with Gasteiger partial charge in [-0.2, -0.15) is 5.26 Å². The molecule has 3 aromatic heterocycles. The van der Waals surface area contributed by atoms with Crippen LogP contribution in [-0.4, -0.2) is 46.4 Å². The Kier molecular flexibility index (Phi) is 6.17. The summed E-state index contributed by atoms with van der Waals surface area (Å²) in [5, 5.41) is 17.6. The van der Waals surface area contributed by atoms with Gasteiger partial charge in [0.2, 0.25) is 10.0 Å². The molecule has 3 heterocycles. The summed E-state index contributed by atoms with van der Waals surface area (Å²) >= 11 is 0. The normalized spacial score (nSPS) is 17.9. The van der Waals surface area contributed by atoms with Crippen molar-refractivity contribution in [2.24, 2.45) is 0 Å². The number of halogens is 1. The van der Waals surface area contributed by atoms with E-state index in [0.29, 0.717) is 36.3 Å². The number of rotatable bonds is 6. The molecule has 0 bridgehead atoms. The highest BCUT2D eigenvalue weighted by Crippen LogP contribution is 2.35. The number of hydrogen-bond acceptors (Lipinski definition) is 8. The molecule has 14 heteroatoms. The van der Waals surface area contributed by atoms with Gasteiger partial charge in [-0.05, 0) is 62.6 Å². The number of fused-ring (bicyclic) bond motifs is 3. The first-order valence-corrected chi connectivity index (χ1v) is 15.3. The zero-order chi connectivity index (χ0) is 28.2. The van der Waals surface area contributed by atoms with Gasteiger partial charge in [0.25, 0.3) is 10.0 Å². The van der Waals surface area contributed by atoms with Crippen LogP contribution in [0.15, 0.2) is 70.7 Å². The molecule has 1 fully saturated rings. The SMILES string of the molecule is Cc1ccc(S(=O)(=O)n2ccc3c2ncc2nnc([C@@H]4CC[C@H](NS(=O)(=O)c5ccc(F)c(C#N)c5)C4)n23)cc1. The lowest BCUT2D eigenvalue weighted by Gasteiger charge is -2.14.